The van der Waals surface area contributed by atoms with Crippen molar-refractivity contribution in [1.82, 2.24) is 0 Å². The normalized spacial score (nSPS) is 16.6. The summed E-state index contributed by atoms with van der Waals surface area (Å²) in [5.41, 5.74) is 1.85. The van der Waals surface area contributed by atoms with E-state index in [1.807, 2.05) is 6.07 Å². The van der Waals surface area contributed by atoms with Crippen molar-refractivity contribution in [3.63, 3.8) is 0 Å². The van der Waals surface area contributed by atoms with Gasteiger partial charge in [-0.3, -0.25) is 9.59 Å². The predicted molar refractivity (Wildman–Crippen MR) is 108 cm³/mol. The molecule has 0 radical (unpaired) electrons. The second-order valence-corrected chi connectivity index (χ2v) is 8.81. The van der Waals surface area contributed by atoms with Crippen molar-refractivity contribution < 1.29 is 23.9 Å². The third kappa shape index (κ3) is 3.92. The van der Waals surface area contributed by atoms with Crippen LogP contribution in [0, 0.1) is 5.82 Å². The Morgan fingerprint density at radius 3 is 2.07 bits per heavy atom. The van der Waals surface area contributed by atoms with Gasteiger partial charge in [-0.15, -0.1) is 0 Å². The Kier molecular flexibility index (Phi) is 5.07. The molecule has 152 valence electrons. The van der Waals surface area contributed by atoms with Crippen LogP contribution in [0.3, 0.4) is 0 Å². The highest BCUT2D eigenvalue weighted by atomic mass is 19.1. The fourth-order valence-corrected chi connectivity index (χ4v) is 3.79. The van der Waals surface area contributed by atoms with Gasteiger partial charge in [-0.05, 0) is 59.1 Å². The Balaban J connectivity index is 1.88. The molecule has 1 aliphatic rings. The first kappa shape index (κ1) is 20.7. The van der Waals surface area contributed by atoms with Crippen molar-refractivity contribution in [1.29, 1.82) is 0 Å². The number of hydrogen-bond donors (Lipinski definition) is 2. The number of carboxylic acid groups (broad SMARTS) is 1. The number of hydrogen-bond acceptors (Lipinski definition) is 3. The number of carbonyl (C=O) groups excluding carboxylic acids is 2. The maximum absolute atomic E-state index is 14.1. The average Bonchev–Trinajstić information content (AvgIpc) is 2.66. The Bertz CT molecular complexity index is 1020. The number of nitrogens with one attached hydrogen (secondary N) is 1. The molecular weight excluding hydrogens is 373 g/mol. The number of benzene rings is 2. The molecule has 0 aliphatic heterocycles. The summed E-state index contributed by atoms with van der Waals surface area (Å²) < 4.78 is 14.1. The van der Waals surface area contributed by atoms with Gasteiger partial charge in [0, 0.05) is 5.56 Å². The maximum Gasteiger partial charge on any atom is 0.335 e. The van der Waals surface area contributed by atoms with E-state index in [1.165, 1.54) is 5.56 Å². The minimum Gasteiger partial charge on any atom is -0.478 e. The molecule has 0 heterocycles. The smallest absolute Gasteiger partial charge is 0.335 e. The van der Waals surface area contributed by atoms with Crippen molar-refractivity contribution in [3.8, 4) is 0 Å². The third-order valence-corrected chi connectivity index (χ3v) is 5.79. The number of fused-ring (bicyclic) bond motifs is 1. The van der Waals surface area contributed by atoms with Gasteiger partial charge in [0.2, 0.25) is 0 Å². The number of Topliss-reactive ketones (excluding diaryl/α,β-unsaturated/α-hetero) is 1. The van der Waals surface area contributed by atoms with Crippen LogP contribution in [0.4, 0.5) is 10.1 Å². The van der Waals surface area contributed by atoms with Gasteiger partial charge in [-0.2, -0.15) is 0 Å². The summed E-state index contributed by atoms with van der Waals surface area (Å²) in [5, 5.41) is 11.1. The average molecular weight is 397 g/mol. The molecule has 6 heteroatoms. The van der Waals surface area contributed by atoms with Crippen molar-refractivity contribution >= 4 is 23.3 Å². The first-order valence-corrected chi connectivity index (χ1v) is 9.46. The van der Waals surface area contributed by atoms with Gasteiger partial charge >= 0.3 is 5.97 Å². The minimum absolute atomic E-state index is 0.0102. The van der Waals surface area contributed by atoms with Gasteiger partial charge in [-0.1, -0.05) is 39.8 Å². The molecule has 29 heavy (non-hydrogen) atoms. The van der Waals surface area contributed by atoms with E-state index in [1.54, 1.807) is 12.1 Å². The molecule has 0 saturated carbocycles. The van der Waals surface area contributed by atoms with E-state index in [9.17, 15) is 18.8 Å². The lowest BCUT2D eigenvalue weighted by Gasteiger charge is -2.42. The molecule has 0 spiro atoms. The second kappa shape index (κ2) is 7.10. The van der Waals surface area contributed by atoms with Crippen LogP contribution in [0.1, 0.15) is 72.4 Å². The lowest BCUT2D eigenvalue weighted by molar-refractivity contribution is -0.112. The summed E-state index contributed by atoms with van der Waals surface area (Å²) in [7, 11) is 0. The van der Waals surface area contributed by atoms with E-state index < -0.39 is 23.5 Å². The van der Waals surface area contributed by atoms with Crippen molar-refractivity contribution in [2.24, 2.45) is 0 Å². The van der Waals surface area contributed by atoms with Crippen LogP contribution >= 0.6 is 0 Å². The molecular formula is C23H24FNO4. The van der Waals surface area contributed by atoms with E-state index in [0.717, 1.165) is 36.6 Å². The van der Waals surface area contributed by atoms with E-state index >= 15 is 0 Å². The fraction of sp³-hybridized carbons (Fsp3) is 0.348. The maximum atomic E-state index is 14.1. The van der Waals surface area contributed by atoms with Crippen LogP contribution in [0.25, 0.3) is 0 Å². The van der Waals surface area contributed by atoms with E-state index in [2.05, 4.69) is 33.0 Å². The van der Waals surface area contributed by atoms with Crippen LogP contribution < -0.4 is 5.32 Å². The van der Waals surface area contributed by atoms with Gasteiger partial charge in [0.15, 0.2) is 0 Å². The number of amides is 1. The molecule has 2 aromatic rings. The number of anilines is 1. The minimum atomic E-state index is -1.28. The molecule has 0 aromatic heterocycles. The van der Waals surface area contributed by atoms with Gasteiger partial charge in [0.25, 0.3) is 11.7 Å². The summed E-state index contributed by atoms with van der Waals surface area (Å²) in [6.07, 6.45) is 2.00. The van der Waals surface area contributed by atoms with Crippen LogP contribution in [0.2, 0.25) is 0 Å². The molecule has 1 aliphatic carbocycles. The number of carbonyl (C=O) groups is 3. The van der Waals surface area contributed by atoms with Crippen LogP contribution in [0.5, 0.6) is 0 Å². The quantitative estimate of drug-likeness (QED) is 0.579. The Labute approximate surface area is 168 Å². The molecule has 0 fully saturated rings. The van der Waals surface area contributed by atoms with Crippen molar-refractivity contribution in [2.45, 2.75) is 51.4 Å². The lowest BCUT2D eigenvalue weighted by atomic mass is 9.63. The Morgan fingerprint density at radius 2 is 1.48 bits per heavy atom. The van der Waals surface area contributed by atoms with Crippen LogP contribution in [-0.4, -0.2) is 22.8 Å². The molecule has 3 rings (SSSR count). The summed E-state index contributed by atoms with van der Waals surface area (Å²) in [6, 6.07) is 8.39. The molecule has 0 unspecified atom stereocenters. The van der Waals surface area contributed by atoms with Crippen molar-refractivity contribution in [2.75, 3.05) is 5.32 Å². The SMILES string of the molecule is CC1(C)CCC(C)(C)c2cc(C(=O)C(=O)Nc3ccc(C(=O)O)cc3F)ccc21. The highest BCUT2D eigenvalue weighted by molar-refractivity contribution is 6.46. The highest BCUT2D eigenvalue weighted by Crippen LogP contribution is 2.45. The highest BCUT2D eigenvalue weighted by Gasteiger charge is 2.37. The molecule has 0 saturated heterocycles. The van der Waals surface area contributed by atoms with E-state index in [4.69, 9.17) is 5.11 Å². The number of rotatable bonds is 4. The Morgan fingerprint density at radius 1 is 0.897 bits per heavy atom. The summed E-state index contributed by atoms with van der Waals surface area (Å²) in [4.78, 5) is 35.9. The zero-order valence-corrected chi connectivity index (χ0v) is 16.9. The largest absolute Gasteiger partial charge is 0.478 e. The first-order valence-electron chi connectivity index (χ1n) is 9.46. The van der Waals surface area contributed by atoms with Gasteiger partial charge in [-0.25, -0.2) is 9.18 Å². The first-order chi connectivity index (χ1) is 13.4. The van der Waals surface area contributed by atoms with E-state index in [-0.39, 0.29) is 27.6 Å². The number of halogens is 1. The number of ketones is 1. The Hall–Kier alpha value is -3.02. The van der Waals surface area contributed by atoms with Crippen molar-refractivity contribution in [3.05, 3.63) is 64.5 Å². The standard InChI is InChI=1S/C23H24FNO4/c1-22(2)9-10-23(3,4)16-11-13(5-7-15(16)22)19(26)20(27)25-18-8-6-14(21(28)29)12-17(18)24/h5-8,11-12H,9-10H2,1-4H3,(H,25,27)(H,28,29). The molecule has 1 amide bonds. The third-order valence-electron chi connectivity index (χ3n) is 5.79. The van der Waals surface area contributed by atoms with E-state index in [0.29, 0.717) is 0 Å². The van der Waals surface area contributed by atoms with Gasteiger partial charge < -0.3 is 10.4 Å². The number of aromatic carboxylic acids is 1. The zero-order valence-electron chi connectivity index (χ0n) is 16.9. The van der Waals surface area contributed by atoms with Crippen LogP contribution in [0.15, 0.2) is 36.4 Å². The molecule has 0 bridgehead atoms. The predicted octanol–water partition coefficient (Wildman–Crippen LogP) is 4.69. The second-order valence-electron chi connectivity index (χ2n) is 8.81. The molecule has 2 aromatic carbocycles. The number of carboxylic acids is 1. The zero-order chi connectivity index (χ0) is 21.6. The van der Waals surface area contributed by atoms with Gasteiger partial charge in [0.05, 0.1) is 11.3 Å². The summed E-state index contributed by atoms with van der Waals surface area (Å²) in [6.45, 7) is 8.57. The lowest BCUT2D eigenvalue weighted by Crippen LogP contribution is -2.34. The molecule has 5 nitrogen and oxygen atoms in total. The van der Waals surface area contributed by atoms with Gasteiger partial charge in [0.1, 0.15) is 5.82 Å². The summed E-state index contributed by atoms with van der Waals surface area (Å²) in [5.74, 6) is -3.94. The fourth-order valence-electron chi connectivity index (χ4n) is 3.79. The summed E-state index contributed by atoms with van der Waals surface area (Å²) >= 11 is 0. The molecule has 0 atom stereocenters. The monoisotopic (exact) mass is 397 g/mol. The molecule has 2 N–H and O–H groups in total. The van der Waals surface area contributed by atoms with Crippen LogP contribution in [-0.2, 0) is 15.6 Å². The topological polar surface area (TPSA) is 83.5 Å².